The number of esters is 4. The fourth-order valence-corrected chi connectivity index (χ4v) is 15.5. The number of phosphoric acid groups is 2. The van der Waals surface area contributed by atoms with Gasteiger partial charge in [-0.15, -0.1) is 0 Å². The van der Waals surface area contributed by atoms with Gasteiger partial charge in [0.25, 0.3) is 0 Å². The third-order valence-electron chi connectivity index (χ3n) is 20.9. The maximum Gasteiger partial charge on any atom is 0.472 e. The zero-order valence-corrected chi connectivity index (χ0v) is 73.1. The Morgan fingerprint density at radius 2 is 0.426 bits per heavy atom. The lowest BCUT2D eigenvalue weighted by Crippen LogP contribution is -2.30. The molecule has 3 N–H and O–H groups in total. The van der Waals surface area contributed by atoms with Crippen molar-refractivity contribution >= 4 is 39.5 Å². The van der Waals surface area contributed by atoms with Gasteiger partial charge < -0.3 is 33.8 Å². The highest BCUT2D eigenvalue weighted by atomic mass is 31.2. The normalized spacial score (nSPS) is 13.8. The number of rotatable bonds is 87. The van der Waals surface area contributed by atoms with Crippen LogP contribution in [0.4, 0.5) is 0 Å². The number of carbonyl (C=O) groups excluding carboxylic acids is 4. The Morgan fingerprint density at radius 1 is 0.250 bits per heavy atom. The van der Waals surface area contributed by atoms with Gasteiger partial charge in [0.15, 0.2) is 12.2 Å². The van der Waals surface area contributed by atoms with Crippen LogP contribution in [0.25, 0.3) is 0 Å². The number of aliphatic hydroxyl groups is 1. The monoisotopic (exact) mass is 1580 g/mol. The van der Waals surface area contributed by atoms with Crippen LogP contribution >= 0.6 is 15.6 Å². The van der Waals surface area contributed by atoms with Crippen molar-refractivity contribution in [3.8, 4) is 0 Å². The van der Waals surface area contributed by atoms with Gasteiger partial charge in [0.2, 0.25) is 0 Å². The van der Waals surface area contributed by atoms with Crippen LogP contribution in [0.5, 0.6) is 0 Å². The Kier molecular flexibility index (Phi) is 77.5. The van der Waals surface area contributed by atoms with Crippen LogP contribution in [0, 0.1) is 17.8 Å². The summed E-state index contributed by atoms with van der Waals surface area (Å²) in [6.45, 7) is 12.0. The molecule has 0 amide bonds. The molecule has 0 aromatic carbocycles. The fraction of sp³-hybridized carbons (Fsp3) is 0.955. The first kappa shape index (κ1) is 106. The zero-order chi connectivity index (χ0) is 79.3. The summed E-state index contributed by atoms with van der Waals surface area (Å²) in [6, 6.07) is 0. The molecule has 0 aliphatic heterocycles. The van der Waals surface area contributed by atoms with Crippen LogP contribution in [0.3, 0.4) is 0 Å². The number of hydrogen-bond acceptors (Lipinski definition) is 15. The molecule has 0 saturated carbocycles. The summed E-state index contributed by atoms with van der Waals surface area (Å²) >= 11 is 0. The molecule has 0 radical (unpaired) electrons. The molecule has 0 spiro atoms. The highest BCUT2D eigenvalue weighted by Crippen LogP contribution is 2.45. The lowest BCUT2D eigenvalue weighted by Gasteiger charge is -2.21. The molecule has 2 unspecified atom stereocenters. The first-order chi connectivity index (χ1) is 52.2. The van der Waals surface area contributed by atoms with E-state index in [0.29, 0.717) is 31.6 Å². The van der Waals surface area contributed by atoms with Gasteiger partial charge in [-0.1, -0.05) is 421 Å². The van der Waals surface area contributed by atoms with E-state index in [9.17, 15) is 43.2 Å². The number of hydrogen-bond donors (Lipinski definition) is 3. The van der Waals surface area contributed by atoms with Gasteiger partial charge in [-0.25, -0.2) is 9.13 Å². The van der Waals surface area contributed by atoms with Crippen LogP contribution in [0.15, 0.2) is 0 Å². The summed E-state index contributed by atoms with van der Waals surface area (Å²) < 4.78 is 68.9. The molecule has 0 bridgehead atoms. The summed E-state index contributed by atoms with van der Waals surface area (Å²) in [4.78, 5) is 73.3. The highest BCUT2D eigenvalue weighted by Gasteiger charge is 2.31. The third-order valence-corrected chi connectivity index (χ3v) is 22.8. The standard InChI is InChI=1S/C89H174O17P2/c1-8-9-10-11-12-13-14-15-16-17-18-22-29-34-39-44-49-59-66-73-89(94)106-85(77-100-87(92)71-64-57-52-51-55-62-69-82(6)7)79-104-108(97,98)102-75-83(90)74-101-107(95,96)103-78-84(76-99-86(91)70-63-56-48-43-38-33-28-25-24-27-32-37-42-47-54-61-68-81(4)5)105-88(93)72-65-58-50-45-40-35-30-23-20-19-21-26-31-36-41-46-53-60-67-80(2)3/h80-85,90H,8-79H2,1-7H3,(H,95,96)(H,97,98)/t83-,84-,85-/m1/s1. The summed E-state index contributed by atoms with van der Waals surface area (Å²) in [7, 11) is -9.93. The van der Waals surface area contributed by atoms with Gasteiger partial charge in [0.05, 0.1) is 26.4 Å². The fourth-order valence-electron chi connectivity index (χ4n) is 13.9. The maximum absolute atomic E-state index is 13.2. The minimum Gasteiger partial charge on any atom is -0.462 e. The van der Waals surface area contributed by atoms with E-state index in [4.69, 9.17) is 37.0 Å². The number of ether oxygens (including phenoxy) is 4. The van der Waals surface area contributed by atoms with E-state index in [1.165, 1.54) is 276 Å². The summed E-state index contributed by atoms with van der Waals surface area (Å²) in [5, 5.41) is 10.7. The van der Waals surface area contributed by atoms with Crippen molar-refractivity contribution in [3.63, 3.8) is 0 Å². The van der Waals surface area contributed by atoms with E-state index in [-0.39, 0.29) is 25.7 Å². The van der Waals surface area contributed by atoms with Gasteiger partial charge in [-0.3, -0.25) is 37.3 Å². The number of carbonyl (C=O) groups is 4. The van der Waals surface area contributed by atoms with E-state index in [1.54, 1.807) is 0 Å². The van der Waals surface area contributed by atoms with Gasteiger partial charge in [0.1, 0.15) is 19.3 Å². The summed E-state index contributed by atoms with van der Waals surface area (Å²) in [6.07, 6.45) is 71.1. The minimum atomic E-state index is -4.97. The topological polar surface area (TPSA) is 237 Å². The number of unbranched alkanes of at least 4 members (excludes halogenated alkanes) is 55. The second kappa shape index (κ2) is 78.9. The molecule has 5 atom stereocenters. The molecular formula is C89H174O17P2. The second-order valence-electron chi connectivity index (χ2n) is 33.4. The SMILES string of the molecule is CCCCCCCCCCCCCCCCCCCCCC(=O)O[C@H](COC(=O)CCCCCCCCC(C)C)COP(=O)(O)OC[C@H](O)COP(=O)(O)OC[C@@H](COC(=O)CCCCCCCCCCCCCCCCCCC(C)C)OC(=O)CCCCCCCCCCCCCCCCCCCCC(C)C. The van der Waals surface area contributed by atoms with Crippen molar-refractivity contribution in [3.05, 3.63) is 0 Å². The Balaban J connectivity index is 5.20. The number of phosphoric ester groups is 2. The molecule has 0 aromatic heterocycles. The molecule has 642 valence electrons. The summed E-state index contributed by atoms with van der Waals surface area (Å²) in [5.41, 5.74) is 0. The molecule has 19 heteroatoms. The maximum atomic E-state index is 13.2. The second-order valence-corrected chi connectivity index (χ2v) is 36.3. The average Bonchev–Trinajstić information content (AvgIpc) is 0.900. The lowest BCUT2D eigenvalue weighted by molar-refractivity contribution is -0.161. The van der Waals surface area contributed by atoms with Crippen molar-refractivity contribution in [2.24, 2.45) is 17.8 Å². The Labute approximate surface area is 664 Å². The van der Waals surface area contributed by atoms with E-state index < -0.39 is 97.5 Å². The zero-order valence-electron chi connectivity index (χ0n) is 71.3. The van der Waals surface area contributed by atoms with Gasteiger partial charge in [-0.2, -0.15) is 0 Å². The molecule has 0 aliphatic rings. The Morgan fingerprint density at radius 3 is 0.630 bits per heavy atom. The quantitative estimate of drug-likeness (QED) is 0.0222. The van der Waals surface area contributed by atoms with Crippen molar-refractivity contribution in [1.82, 2.24) is 0 Å². The predicted octanol–water partition coefficient (Wildman–Crippen LogP) is 27.3. The van der Waals surface area contributed by atoms with Crippen LogP contribution in [0.1, 0.15) is 472 Å². The van der Waals surface area contributed by atoms with Gasteiger partial charge in [-0.05, 0) is 43.4 Å². The van der Waals surface area contributed by atoms with Crippen molar-refractivity contribution < 1.29 is 80.2 Å². The molecule has 0 saturated heterocycles. The minimum absolute atomic E-state index is 0.108. The summed E-state index contributed by atoms with van der Waals surface area (Å²) in [5.74, 6) is 0.209. The van der Waals surface area contributed by atoms with Crippen LogP contribution < -0.4 is 0 Å². The number of aliphatic hydroxyl groups excluding tert-OH is 1. The Hall–Kier alpha value is -1.94. The molecule has 0 heterocycles. The third kappa shape index (κ3) is 82.1. The van der Waals surface area contributed by atoms with Gasteiger partial charge >= 0.3 is 39.5 Å². The largest absolute Gasteiger partial charge is 0.472 e. The molecule has 0 fully saturated rings. The van der Waals surface area contributed by atoms with E-state index in [2.05, 4.69) is 48.5 Å². The average molecular weight is 1580 g/mol. The van der Waals surface area contributed by atoms with Crippen molar-refractivity contribution in [2.45, 2.75) is 491 Å². The molecule has 0 rings (SSSR count). The molecule has 0 aliphatic carbocycles. The predicted molar refractivity (Wildman–Crippen MR) is 446 cm³/mol. The van der Waals surface area contributed by atoms with Crippen LogP contribution in [-0.4, -0.2) is 96.7 Å². The highest BCUT2D eigenvalue weighted by molar-refractivity contribution is 7.47. The molecule has 0 aromatic rings. The first-order valence-corrected chi connectivity index (χ1v) is 48.8. The van der Waals surface area contributed by atoms with E-state index in [0.717, 1.165) is 108 Å². The lowest BCUT2D eigenvalue weighted by atomic mass is 10.0. The smallest absolute Gasteiger partial charge is 0.462 e. The van der Waals surface area contributed by atoms with Crippen molar-refractivity contribution in [2.75, 3.05) is 39.6 Å². The molecular weight excluding hydrogens is 1400 g/mol. The van der Waals surface area contributed by atoms with Crippen LogP contribution in [-0.2, 0) is 65.4 Å². The molecule has 17 nitrogen and oxygen atoms in total. The first-order valence-electron chi connectivity index (χ1n) is 45.8. The Bertz CT molecular complexity index is 2080. The van der Waals surface area contributed by atoms with Crippen LogP contribution in [0.2, 0.25) is 0 Å². The van der Waals surface area contributed by atoms with Crippen molar-refractivity contribution in [1.29, 1.82) is 0 Å². The molecule has 108 heavy (non-hydrogen) atoms. The van der Waals surface area contributed by atoms with E-state index in [1.807, 2.05) is 0 Å². The van der Waals surface area contributed by atoms with E-state index >= 15 is 0 Å². The van der Waals surface area contributed by atoms with Gasteiger partial charge in [0, 0.05) is 25.7 Å².